The summed E-state index contributed by atoms with van der Waals surface area (Å²) in [4.78, 5) is 19.9. The van der Waals surface area contributed by atoms with Crippen LogP contribution in [0.15, 0.2) is 30.6 Å². The van der Waals surface area contributed by atoms with Gasteiger partial charge in [-0.05, 0) is 24.1 Å². The molecule has 0 spiro atoms. The van der Waals surface area contributed by atoms with E-state index < -0.39 is 11.7 Å². The molecule has 0 unspecified atom stereocenters. The van der Waals surface area contributed by atoms with Crippen molar-refractivity contribution in [2.75, 3.05) is 11.1 Å². The van der Waals surface area contributed by atoms with E-state index in [9.17, 15) is 9.18 Å². The van der Waals surface area contributed by atoms with Crippen LogP contribution in [0.2, 0.25) is 0 Å². The van der Waals surface area contributed by atoms with Gasteiger partial charge < -0.3 is 11.1 Å². The summed E-state index contributed by atoms with van der Waals surface area (Å²) >= 11 is 0. The van der Waals surface area contributed by atoms with Gasteiger partial charge in [-0.3, -0.25) is 9.78 Å². The highest BCUT2D eigenvalue weighted by Gasteiger charge is 2.12. The Morgan fingerprint density at radius 1 is 1.40 bits per heavy atom. The quantitative estimate of drug-likeness (QED) is 0.901. The van der Waals surface area contributed by atoms with Gasteiger partial charge >= 0.3 is 0 Å². The summed E-state index contributed by atoms with van der Waals surface area (Å²) in [5.74, 6) is -0.627. The Bertz CT molecular complexity index is 643. The standard InChI is InChI=1S/C14H15FN4O/c1-8(2)12-5-9(6-13(16)18-12)14(20)19-11-3-4-17-7-10(11)15/h3-8H,1-2H3,(H2,16,18)(H,17,19,20). The number of rotatable bonds is 3. The topological polar surface area (TPSA) is 80.9 Å². The Morgan fingerprint density at radius 3 is 2.80 bits per heavy atom. The van der Waals surface area contributed by atoms with E-state index in [1.54, 1.807) is 6.07 Å². The Kier molecular flexibility index (Phi) is 3.93. The Hall–Kier alpha value is -2.50. The number of pyridine rings is 2. The van der Waals surface area contributed by atoms with E-state index in [1.165, 1.54) is 18.3 Å². The maximum atomic E-state index is 13.4. The molecule has 3 N–H and O–H groups in total. The van der Waals surface area contributed by atoms with Crippen LogP contribution in [0.25, 0.3) is 0 Å². The van der Waals surface area contributed by atoms with Crippen molar-refractivity contribution < 1.29 is 9.18 Å². The average Bonchev–Trinajstić information content (AvgIpc) is 2.40. The minimum absolute atomic E-state index is 0.0754. The van der Waals surface area contributed by atoms with Gasteiger partial charge in [-0.15, -0.1) is 0 Å². The molecule has 2 aromatic rings. The molecule has 0 aliphatic carbocycles. The molecule has 5 nitrogen and oxygen atoms in total. The molecule has 0 radical (unpaired) electrons. The molecule has 0 saturated carbocycles. The number of anilines is 2. The largest absolute Gasteiger partial charge is 0.384 e. The Labute approximate surface area is 116 Å². The van der Waals surface area contributed by atoms with E-state index >= 15 is 0 Å². The van der Waals surface area contributed by atoms with E-state index in [4.69, 9.17) is 5.73 Å². The van der Waals surface area contributed by atoms with Crippen LogP contribution in [-0.4, -0.2) is 15.9 Å². The number of carbonyl (C=O) groups excluding carboxylic acids is 1. The summed E-state index contributed by atoms with van der Waals surface area (Å²) in [7, 11) is 0. The number of hydrogen-bond acceptors (Lipinski definition) is 4. The molecule has 6 heteroatoms. The third-order valence-electron chi connectivity index (χ3n) is 2.74. The van der Waals surface area contributed by atoms with Gasteiger partial charge in [-0.25, -0.2) is 9.37 Å². The summed E-state index contributed by atoms with van der Waals surface area (Å²) in [5.41, 5.74) is 6.82. The monoisotopic (exact) mass is 274 g/mol. The molecule has 0 aliphatic rings. The van der Waals surface area contributed by atoms with Crippen molar-refractivity contribution in [3.05, 3.63) is 47.7 Å². The van der Waals surface area contributed by atoms with Gasteiger partial charge in [0, 0.05) is 17.5 Å². The maximum absolute atomic E-state index is 13.4. The number of halogens is 1. The lowest BCUT2D eigenvalue weighted by Gasteiger charge is -2.10. The summed E-state index contributed by atoms with van der Waals surface area (Å²) in [6.07, 6.45) is 2.44. The van der Waals surface area contributed by atoms with Gasteiger partial charge in [-0.1, -0.05) is 13.8 Å². The van der Waals surface area contributed by atoms with Gasteiger partial charge in [0.15, 0.2) is 5.82 Å². The molecule has 2 heterocycles. The first kappa shape index (κ1) is 13.9. The van der Waals surface area contributed by atoms with Crippen molar-refractivity contribution in [3.8, 4) is 0 Å². The lowest BCUT2D eigenvalue weighted by atomic mass is 10.1. The van der Waals surface area contributed by atoms with Crippen LogP contribution in [0, 0.1) is 5.82 Å². The molecule has 2 aromatic heterocycles. The second-order valence-corrected chi connectivity index (χ2v) is 4.67. The highest BCUT2D eigenvalue weighted by molar-refractivity contribution is 6.04. The van der Waals surface area contributed by atoms with Crippen LogP contribution in [0.3, 0.4) is 0 Å². The number of carbonyl (C=O) groups is 1. The zero-order chi connectivity index (χ0) is 14.7. The fourth-order valence-corrected chi connectivity index (χ4v) is 1.67. The fourth-order valence-electron chi connectivity index (χ4n) is 1.67. The van der Waals surface area contributed by atoms with Crippen LogP contribution in [0.5, 0.6) is 0 Å². The van der Waals surface area contributed by atoms with Crippen LogP contribution in [0.1, 0.15) is 35.8 Å². The summed E-state index contributed by atoms with van der Waals surface area (Å²) in [5, 5.41) is 2.48. The summed E-state index contributed by atoms with van der Waals surface area (Å²) in [6, 6.07) is 4.50. The average molecular weight is 274 g/mol. The SMILES string of the molecule is CC(C)c1cc(C(=O)Nc2ccncc2F)cc(N)n1. The van der Waals surface area contributed by atoms with Crippen molar-refractivity contribution in [1.82, 2.24) is 9.97 Å². The molecule has 0 fully saturated rings. The highest BCUT2D eigenvalue weighted by atomic mass is 19.1. The molecular weight excluding hydrogens is 259 g/mol. The third-order valence-corrected chi connectivity index (χ3v) is 2.74. The lowest BCUT2D eigenvalue weighted by Crippen LogP contribution is -2.14. The number of aromatic nitrogens is 2. The number of hydrogen-bond donors (Lipinski definition) is 2. The zero-order valence-electron chi connectivity index (χ0n) is 11.2. The highest BCUT2D eigenvalue weighted by Crippen LogP contribution is 2.18. The van der Waals surface area contributed by atoms with Crippen LogP contribution < -0.4 is 11.1 Å². The fraction of sp³-hybridized carbons (Fsp3) is 0.214. The van der Waals surface area contributed by atoms with Crippen molar-refractivity contribution in [1.29, 1.82) is 0 Å². The molecule has 0 saturated heterocycles. The molecule has 0 atom stereocenters. The molecule has 104 valence electrons. The predicted molar refractivity (Wildman–Crippen MR) is 74.9 cm³/mol. The van der Waals surface area contributed by atoms with Gasteiger partial charge in [-0.2, -0.15) is 0 Å². The van der Waals surface area contributed by atoms with E-state index in [0.717, 1.165) is 6.20 Å². The zero-order valence-corrected chi connectivity index (χ0v) is 11.2. The minimum atomic E-state index is -0.591. The normalized spacial score (nSPS) is 10.6. The minimum Gasteiger partial charge on any atom is -0.384 e. The molecular formula is C14H15FN4O. The van der Waals surface area contributed by atoms with Crippen LogP contribution in [-0.2, 0) is 0 Å². The lowest BCUT2D eigenvalue weighted by molar-refractivity contribution is 0.102. The van der Waals surface area contributed by atoms with E-state index in [-0.39, 0.29) is 17.4 Å². The third kappa shape index (κ3) is 3.09. The first-order valence-electron chi connectivity index (χ1n) is 6.15. The second kappa shape index (κ2) is 5.64. The van der Waals surface area contributed by atoms with Gasteiger partial charge in [0.2, 0.25) is 0 Å². The molecule has 1 amide bonds. The van der Waals surface area contributed by atoms with Crippen molar-refractivity contribution in [3.63, 3.8) is 0 Å². The molecule has 0 bridgehead atoms. The first-order chi connectivity index (χ1) is 9.47. The van der Waals surface area contributed by atoms with E-state index in [0.29, 0.717) is 11.3 Å². The first-order valence-corrected chi connectivity index (χ1v) is 6.15. The molecule has 0 aromatic carbocycles. The number of nitrogens with two attached hydrogens (primary N) is 1. The van der Waals surface area contributed by atoms with Crippen molar-refractivity contribution >= 4 is 17.4 Å². The number of nitrogen functional groups attached to an aromatic ring is 1. The van der Waals surface area contributed by atoms with E-state index in [2.05, 4.69) is 15.3 Å². The second-order valence-electron chi connectivity index (χ2n) is 4.67. The Morgan fingerprint density at radius 2 is 2.15 bits per heavy atom. The number of nitrogens with zero attached hydrogens (tertiary/aromatic N) is 2. The molecule has 2 rings (SSSR count). The molecule has 0 aliphatic heterocycles. The van der Waals surface area contributed by atoms with Gasteiger partial charge in [0.1, 0.15) is 5.82 Å². The van der Waals surface area contributed by atoms with Gasteiger partial charge in [0.05, 0.1) is 11.9 Å². The van der Waals surface area contributed by atoms with Crippen LogP contribution in [0.4, 0.5) is 15.9 Å². The Balaban J connectivity index is 2.28. The van der Waals surface area contributed by atoms with E-state index in [1.807, 2.05) is 13.8 Å². The summed E-state index contributed by atoms with van der Waals surface area (Å²) in [6.45, 7) is 3.90. The molecule has 20 heavy (non-hydrogen) atoms. The van der Waals surface area contributed by atoms with Crippen LogP contribution >= 0.6 is 0 Å². The maximum Gasteiger partial charge on any atom is 0.255 e. The van der Waals surface area contributed by atoms with Gasteiger partial charge in [0.25, 0.3) is 5.91 Å². The summed E-state index contributed by atoms with van der Waals surface area (Å²) < 4.78 is 13.4. The van der Waals surface area contributed by atoms with Crippen molar-refractivity contribution in [2.45, 2.75) is 19.8 Å². The smallest absolute Gasteiger partial charge is 0.255 e. The number of nitrogens with one attached hydrogen (secondary N) is 1. The van der Waals surface area contributed by atoms with Crippen molar-refractivity contribution in [2.24, 2.45) is 0 Å². The predicted octanol–water partition coefficient (Wildman–Crippen LogP) is 2.57. The number of amides is 1.